The van der Waals surface area contributed by atoms with Gasteiger partial charge in [0.1, 0.15) is 126 Å². The Kier molecular flexibility index (Phi) is 51.7. The normalized spacial score (nSPS) is 11.8. The van der Waals surface area contributed by atoms with Gasteiger partial charge < -0.3 is 117 Å². The van der Waals surface area contributed by atoms with Gasteiger partial charge in [0, 0.05) is 141 Å². The number of Topliss-reactive ketones (excluding diaryl/α,β-unsaturated/α-hetero) is 4. The van der Waals surface area contributed by atoms with Crippen molar-refractivity contribution in [3.05, 3.63) is 107 Å². The zero-order valence-electron chi connectivity index (χ0n) is 63.8. The van der Waals surface area contributed by atoms with E-state index in [0.29, 0.717) is 145 Å². The summed E-state index contributed by atoms with van der Waals surface area (Å²) in [6.07, 6.45) is 3.91. The minimum atomic E-state index is -0.894. The fourth-order valence-electron chi connectivity index (χ4n) is 9.33. The van der Waals surface area contributed by atoms with Gasteiger partial charge >= 0.3 is 48.7 Å². The number of aliphatic carboxylic acids is 3. The minimum absolute atomic E-state index is 0. The molecule has 33 nitrogen and oxygen atoms in total. The van der Waals surface area contributed by atoms with Crippen molar-refractivity contribution in [1.29, 1.82) is 0 Å². The van der Waals surface area contributed by atoms with Crippen LogP contribution in [0.25, 0.3) is 0 Å². The zero-order valence-corrected chi connectivity index (χ0v) is 68.7. The summed E-state index contributed by atoms with van der Waals surface area (Å²) in [5.41, 5.74) is 1.08. The van der Waals surface area contributed by atoms with Crippen molar-refractivity contribution >= 4 is 102 Å². The van der Waals surface area contributed by atoms with Gasteiger partial charge in [0.2, 0.25) is 0 Å². The molecule has 4 aliphatic heterocycles. The van der Waals surface area contributed by atoms with Gasteiger partial charge in [-0.15, -0.1) is 17.0 Å². The molecular formula is C76H94Br3LiO33. The van der Waals surface area contributed by atoms with Crippen molar-refractivity contribution in [2.45, 2.75) is 90.9 Å². The second kappa shape index (κ2) is 56.9. The molecule has 0 saturated carbocycles. The quantitative estimate of drug-likeness (QED) is 0.0103. The fourth-order valence-corrected chi connectivity index (χ4v) is 9.95. The van der Waals surface area contributed by atoms with Crippen LogP contribution in [0.1, 0.15) is 132 Å². The standard InChI is InChI=1S/C15H18O6.C13H14O6.C11H14O5.C11H12O4.C9H8O4.C8H10O3.C6H11BrO2.C3H5BrO2.BrH.Li.H2O/c1-2-19-14(18)4-3-6-20-10-8-12(17)15-11(16)5-7-21-13(15)9-10;14-9-3-5-19-11-7-8(6-10(15)13(9)11)18-4-1-2-12(16)17;1-14-8-5-9(15-2)7-10(6-8)16-4-3-11(12)13;1-13-7-5-9(14-2)11-8(12)3-4-15-10(11)6-7;10-5-3-7(12)9-6(11)1-2-13-8(9)4-5;1-10-7-3-6(9)4-8(5-7)11-2;1-2-9-6(8)4-3-5-7;4-2-1-3(5)6;;;/h8-9,17H,2-7H2,1H3;6-7,15H,1-5H2,(H,16,17);5-7H,3-4H2,1-2H3,(H,12,13);5-6H,3-4H2,1-2H3;3-4,10,12H,1-2H2;3-5,9H,1-2H3;2-5H2,1H3;1-2H2,(H,5,6);1H;;1H2/q;;;;;;;;;+1;/p-1. The molecule has 113 heavy (non-hydrogen) atoms. The van der Waals surface area contributed by atoms with Gasteiger partial charge in [-0.1, -0.05) is 31.9 Å². The third kappa shape index (κ3) is 38.2. The maximum atomic E-state index is 11.7. The molecule has 0 saturated heterocycles. The van der Waals surface area contributed by atoms with E-state index < -0.39 is 17.9 Å². The summed E-state index contributed by atoms with van der Waals surface area (Å²) in [5.74, 6) is 2.46. The number of phenols is 5. The predicted octanol–water partition coefficient (Wildman–Crippen LogP) is 9.36. The van der Waals surface area contributed by atoms with Crippen LogP contribution in [0.2, 0.25) is 0 Å². The number of phenolic OH excluding ortho intramolecular Hbond substituents is 5. The molecule has 4 aliphatic rings. The number of ketones is 4. The van der Waals surface area contributed by atoms with E-state index in [1.54, 1.807) is 56.5 Å². The van der Waals surface area contributed by atoms with Gasteiger partial charge in [-0.25, -0.2) is 0 Å². The van der Waals surface area contributed by atoms with E-state index in [1.807, 2.05) is 6.92 Å². The molecule has 0 bridgehead atoms. The monoisotopic (exact) mass is 1780 g/mol. The average Bonchev–Trinajstić information content (AvgIpc) is 0.819. The molecule has 0 aliphatic carbocycles. The first-order chi connectivity index (χ1) is 52.6. The molecule has 0 unspecified atom stereocenters. The zero-order chi connectivity index (χ0) is 81.7. The number of alkyl halides is 2. The Morgan fingerprint density at radius 3 is 1.06 bits per heavy atom. The van der Waals surface area contributed by atoms with Gasteiger partial charge in [-0.2, -0.15) is 0 Å². The number of benzene rings is 6. The number of carbonyl (C=O) groups is 9. The molecule has 4 heterocycles. The van der Waals surface area contributed by atoms with Crippen LogP contribution in [0.5, 0.6) is 103 Å². The van der Waals surface area contributed by atoms with E-state index in [-0.39, 0.29) is 192 Å². The molecule has 0 fully saturated rings. The second-order valence-electron chi connectivity index (χ2n) is 22.4. The number of esters is 2. The number of ether oxygens (including phenoxy) is 15. The van der Waals surface area contributed by atoms with Crippen molar-refractivity contribution in [2.75, 3.05) is 113 Å². The van der Waals surface area contributed by atoms with Crippen molar-refractivity contribution in [3.63, 3.8) is 0 Å². The molecule has 0 aromatic heterocycles. The molecular weight excluding hydrogens is 1690 g/mol. The Bertz CT molecular complexity index is 3940. The Balaban J connectivity index is 0.00000129. The number of hydrogen-bond acceptors (Lipinski definition) is 30. The molecule has 0 spiro atoms. The second-order valence-corrected chi connectivity index (χ2v) is 24.0. The number of hydrogen-bond donors (Lipinski definition) is 8. The average molecular weight is 1780 g/mol. The van der Waals surface area contributed by atoms with Gasteiger partial charge in [-0.05, 0) is 33.1 Å². The van der Waals surface area contributed by atoms with Crippen LogP contribution < -0.4 is 80.4 Å². The molecule has 618 valence electrons. The first-order valence-electron chi connectivity index (χ1n) is 33.9. The van der Waals surface area contributed by atoms with Gasteiger partial charge in [0.15, 0.2) is 23.1 Å². The van der Waals surface area contributed by atoms with Crippen molar-refractivity contribution in [1.82, 2.24) is 0 Å². The number of carbonyl (C=O) groups excluding carboxylic acids is 6. The summed E-state index contributed by atoms with van der Waals surface area (Å²) in [6, 6.07) is 21.5. The van der Waals surface area contributed by atoms with Crippen molar-refractivity contribution < 1.29 is 179 Å². The predicted molar refractivity (Wildman–Crippen MR) is 413 cm³/mol. The van der Waals surface area contributed by atoms with E-state index in [4.69, 9.17) is 91.8 Å². The first-order valence-corrected chi connectivity index (χ1v) is 36.2. The number of aromatic hydroxyl groups is 5. The first kappa shape index (κ1) is 103. The van der Waals surface area contributed by atoms with Crippen LogP contribution in [0.4, 0.5) is 0 Å². The number of halogens is 3. The van der Waals surface area contributed by atoms with E-state index in [9.17, 15) is 58.5 Å². The number of methoxy groups -OCH3 is 6. The molecule has 6 aromatic rings. The molecule has 0 amide bonds. The number of rotatable bonds is 27. The summed E-state index contributed by atoms with van der Waals surface area (Å²) in [6.45, 7) is 6.37. The molecule has 37 heteroatoms. The molecule has 0 radical (unpaired) electrons. The van der Waals surface area contributed by atoms with Crippen molar-refractivity contribution in [2.24, 2.45) is 0 Å². The van der Waals surface area contributed by atoms with Crippen LogP contribution in [0.3, 0.4) is 0 Å². The fraction of sp³-hybridized carbons (Fsp3) is 0.408. The summed E-state index contributed by atoms with van der Waals surface area (Å²) >= 11 is 6.19. The third-order valence-corrected chi connectivity index (χ3v) is 15.4. The largest absolute Gasteiger partial charge is 1.00 e. The number of carboxylic acids is 3. The maximum Gasteiger partial charge on any atom is 1.00 e. The molecule has 9 N–H and O–H groups in total. The van der Waals surface area contributed by atoms with Crippen LogP contribution in [-0.2, 0) is 33.4 Å². The smallest absolute Gasteiger partial charge is 0.870 e. The Morgan fingerprint density at radius 1 is 0.372 bits per heavy atom. The Hall–Kier alpha value is -10.3. The summed E-state index contributed by atoms with van der Waals surface area (Å²) < 4.78 is 76.8. The van der Waals surface area contributed by atoms with E-state index in [0.717, 1.165) is 17.8 Å². The number of carboxylic acid groups (broad SMARTS) is 3. The van der Waals surface area contributed by atoms with Crippen LogP contribution in [0.15, 0.2) is 84.9 Å². The maximum absolute atomic E-state index is 11.7. The van der Waals surface area contributed by atoms with Gasteiger partial charge in [-0.3, -0.25) is 43.2 Å². The summed E-state index contributed by atoms with van der Waals surface area (Å²) in [7, 11) is 9.23. The minimum Gasteiger partial charge on any atom is -0.870 e. The molecule has 6 aromatic carbocycles. The topological polar surface area (TPSA) is 484 Å². The molecule has 10 rings (SSSR count). The van der Waals surface area contributed by atoms with E-state index in [2.05, 4.69) is 36.6 Å². The summed E-state index contributed by atoms with van der Waals surface area (Å²) in [4.78, 5) is 98.2. The SMILES string of the molecule is Br.CCOC(=O)CCCBr.CCOC(=O)CCCOc1cc(O)c2c(c1)OCCC2=O.COc1cc(O)cc(OC)c1.COc1cc(OC)c2c(c1)OCCC2=O.COc1cc(OC)cc(OCCC(=O)O)c1.O=C(O)CCBr.O=C(O)CCCOc1cc(O)c2c(c1)OCCC2=O.O=C1CCOc2cc(O)cc(O)c21.[Li+].[OH-]. The van der Waals surface area contributed by atoms with Crippen LogP contribution in [-0.4, -0.2) is 212 Å². The Morgan fingerprint density at radius 2 is 0.690 bits per heavy atom. The third-order valence-electron chi connectivity index (χ3n) is 14.4. The van der Waals surface area contributed by atoms with E-state index >= 15 is 0 Å². The molecule has 0 atom stereocenters. The number of fused-ring (bicyclic) bond motifs is 4. The van der Waals surface area contributed by atoms with Crippen LogP contribution in [0, 0.1) is 0 Å². The van der Waals surface area contributed by atoms with Gasteiger partial charge in [0.05, 0.1) is 115 Å². The van der Waals surface area contributed by atoms with Crippen molar-refractivity contribution in [3.8, 4) is 103 Å². The van der Waals surface area contributed by atoms with Crippen LogP contribution >= 0.6 is 48.8 Å². The van der Waals surface area contributed by atoms with Gasteiger partial charge in [0.25, 0.3) is 0 Å². The summed E-state index contributed by atoms with van der Waals surface area (Å²) in [5, 5.41) is 73.4. The Labute approximate surface area is 691 Å². The van der Waals surface area contributed by atoms with E-state index in [1.165, 1.54) is 71.9 Å².